The van der Waals surface area contributed by atoms with E-state index < -0.39 is 0 Å². The van der Waals surface area contributed by atoms with Crippen LogP contribution in [0, 0.1) is 0 Å². The molecule has 0 spiro atoms. The summed E-state index contributed by atoms with van der Waals surface area (Å²) < 4.78 is 5.47. The minimum Gasteiger partial charge on any atom is -0.378 e. The van der Waals surface area contributed by atoms with Crippen LogP contribution in [-0.2, 0) is 4.74 Å². The number of nitrogens with one attached hydrogen (secondary N) is 1. The van der Waals surface area contributed by atoms with Crippen LogP contribution in [0.2, 0.25) is 0 Å². The summed E-state index contributed by atoms with van der Waals surface area (Å²) >= 11 is 1.64. The number of morpholine rings is 1. The van der Waals surface area contributed by atoms with Crippen LogP contribution < -0.4 is 4.90 Å². The normalized spacial score (nSPS) is 15.4. The Kier molecular flexibility index (Phi) is 3.20. The van der Waals surface area contributed by atoms with Crippen LogP contribution in [0.5, 0.6) is 0 Å². The molecule has 24 heavy (non-hydrogen) atoms. The summed E-state index contributed by atoms with van der Waals surface area (Å²) in [6.45, 7) is 3.19. The molecular weight excluding hydrogens is 322 g/mol. The fourth-order valence-corrected chi connectivity index (χ4v) is 3.81. The Bertz CT molecular complexity index is 1020. The van der Waals surface area contributed by atoms with Crippen molar-refractivity contribution in [3.63, 3.8) is 0 Å². The van der Waals surface area contributed by atoms with Crippen molar-refractivity contribution in [3.05, 3.63) is 36.0 Å². The van der Waals surface area contributed by atoms with E-state index in [1.54, 1.807) is 11.3 Å². The number of nitrogens with zero attached hydrogens (tertiary/aromatic N) is 4. The van der Waals surface area contributed by atoms with Crippen molar-refractivity contribution >= 4 is 38.4 Å². The third kappa shape index (κ3) is 2.24. The molecule has 4 aromatic rings. The first-order chi connectivity index (χ1) is 11.9. The molecule has 7 heteroatoms. The fraction of sp³-hybridized carbons (Fsp3) is 0.235. The number of hydrogen-bond acceptors (Lipinski definition) is 6. The number of ether oxygens (including phenoxy) is 1. The summed E-state index contributed by atoms with van der Waals surface area (Å²) in [7, 11) is 0. The summed E-state index contributed by atoms with van der Waals surface area (Å²) in [6.07, 6.45) is 3.72. The maximum Gasteiger partial charge on any atom is 0.164 e. The Morgan fingerprint density at radius 3 is 3.00 bits per heavy atom. The van der Waals surface area contributed by atoms with Crippen LogP contribution >= 0.6 is 11.3 Å². The van der Waals surface area contributed by atoms with Crippen molar-refractivity contribution in [3.8, 4) is 11.4 Å². The van der Waals surface area contributed by atoms with Gasteiger partial charge in [-0.1, -0.05) is 0 Å². The predicted molar refractivity (Wildman–Crippen MR) is 95.5 cm³/mol. The number of rotatable bonds is 2. The number of pyridine rings is 1. The lowest BCUT2D eigenvalue weighted by Crippen LogP contribution is -2.37. The van der Waals surface area contributed by atoms with Gasteiger partial charge in [-0.3, -0.25) is 0 Å². The molecule has 0 unspecified atom stereocenters. The summed E-state index contributed by atoms with van der Waals surface area (Å²) in [5.41, 5.74) is 1.82. The van der Waals surface area contributed by atoms with Crippen molar-refractivity contribution in [1.82, 2.24) is 19.9 Å². The summed E-state index contributed by atoms with van der Waals surface area (Å²) in [6, 6.07) is 6.19. The third-order valence-corrected chi connectivity index (χ3v) is 5.08. The second-order valence-corrected chi connectivity index (χ2v) is 6.64. The van der Waals surface area contributed by atoms with Crippen molar-refractivity contribution in [2.24, 2.45) is 0 Å². The molecule has 1 aliphatic rings. The molecule has 1 fully saturated rings. The number of anilines is 1. The molecule has 0 amide bonds. The number of fused-ring (bicyclic) bond motifs is 2. The Balaban J connectivity index is 1.67. The molecular formula is C17H15N5OS. The lowest BCUT2D eigenvalue weighted by atomic mass is 10.2. The molecule has 0 aliphatic carbocycles. The largest absolute Gasteiger partial charge is 0.378 e. The Hall–Kier alpha value is -2.51. The van der Waals surface area contributed by atoms with E-state index in [-0.39, 0.29) is 0 Å². The van der Waals surface area contributed by atoms with Crippen LogP contribution in [0.1, 0.15) is 0 Å². The van der Waals surface area contributed by atoms with Gasteiger partial charge in [-0.05, 0) is 23.6 Å². The van der Waals surface area contributed by atoms with Crippen molar-refractivity contribution in [2.45, 2.75) is 0 Å². The smallest absolute Gasteiger partial charge is 0.164 e. The van der Waals surface area contributed by atoms with E-state index in [0.717, 1.165) is 64.8 Å². The topological polar surface area (TPSA) is 66.9 Å². The van der Waals surface area contributed by atoms with E-state index in [2.05, 4.69) is 32.4 Å². The Morgan fingerprint density at radius 1 is 1.17 bits per heavy atom. The summed E-state index contributed by atoms with van der Waals surface area (Å²) in [5, 5.41) is 4.25. The van der Waals surface area contributed by atoms with Crippen molar-refractivity contribution in [2.75, 3.05) is 31.2 Å². The molecule has 1 N–H and O–H groups in total. The maximum absolute atomic E-state index is 5.47. The van der Waals surface area contributed by atoms with Gasteiger partial charge in [0.15, 0.2) is 5.82 Å². The first-order valence-electron chi connectivity index (χ1n) is 7.90. The number of hydrogen-bond donors (Lipinski definition) is 1. The molecule has 0 radical (unpaired) electrons. The number of thiophene rings is 1. The van der Waals surface area contributed by atoms with Gasteiger partial charge in [-0.15, -0.1) is 11.3 Å². The first kappa shape index (κ1) is 13.9. The van der Waals surface area contributed by atoms with E-state index in [1.165, 1.54) is 0 Å². The highest BCUT2D eigenvalue weighted by Gasteiger charge is 2.18. The second kappa shape index (κ2) is 5.54. The second-order valence-electron chi connectivity index (χ2n) is 5.75. The third-order valence-electron chi connectivity index (χ3n) is 4.27. The van der Waals surface area contributed by atoms with E-state index in [4.69, 9.17) is 14.7 Å². The number of aromatic amines is 1. The Morgan fingerprint density at radius 2 is 2.08 bits per heavy atom. The lowest BCUT2D eigenvalue weighted by molar-refractivity contribution is 0.122. The Labute approximate surface area is 142 Å². The van der Waals surface area contributed by atoms with Crippen LogP contribution in [0.4, 0.5) is 5.82 Å². The van der Waals surface area contributed by atoms with Crippen LogP contribution in [0.3, 0.4) is 0 Å². The zero-order chi connectivity index (χ0) is 15.9. The number of H-pyrrole nitrogens is 1. The van der Waals surface area contributed by atoms with Gasteiger partial charge in [-0.2, -0.15) is 0 Å². The van der Waals surface area contributed by atoms with Gasteiger partial charge in [0.1, 0.15) is 16.3 Å². The highest BCUT2D eigenvalue weighted by Crippen LogP contribution is 2.31. The van der Waals surface area contributed by atoms with E-state index in [0.29, 0.717) is 0 Å². The minimum absolute atomic E-state index is 0.724. The maximum atomic E-state index is 5.47. The van der Waals surface area contributed by atoms with Crippen LogP contribution in [-0.4, -0.2) is 46.2 Å². The van der Waals surface area contributed by atoms with Gasteiger partial charge in [0, 0.05) is 36.4 Å². The lowest BCUT2D eigenvalue weighted by Gasteiger charge is -2.28. The SMILES string of the molecule is c1cc2cc(-c3nc(N4CCOCC4)c4ccsc4n3)cnc2[nH]1. The summed E-state index contributed by atoms with van der Waals surface area (Å²) in [4.78, 5) is 20.5. The molecule has 4 aromatic heterocycles. The molecule has 1 aliphatic heterocycles. The molecule has 120 valence electrons. The molecule has 0 bridgehead atoms. The van der Waals surface area contributed by atoms with Crippen LogP contribution in [0.15, 0.2) is 36.0 Å². The summed E-state index contributed by atoms with van der Waals surface area (Å²) in [5.74, 6) is 1.72. The monoisotopic (exact) mass is 337 g/mol. The molecule has 1 saturated heterocycles. The average molecular weight is 337 g/mol. The molecule has 0 aromatic carbocycles. The van der Waals surface area contributed by atoms with Crippen molar-refractivity contribution < 1.29 is 4.74 Å². The highest BCUT2D eigenvalue weighted by molar-refractivity contribution is 7.16. The molecule has 5 heterocycles. The zero-order valence-corrected chi connectivity index (χ0v) is 13.7. The quantitative estimate of drug-likeness (QED) is 0.609. The fourth-order valence-electron chi connectivity index (χ4n) is 3.05. The van der Waals surface area contributed by atoms with Gasteiger partial charge >= 0.3 is 0 Å². The van der Waals surface area contributed by atoms with Crippen molar-refractivity contribution in [1.29, 1.82) is 0 Å². The van der Waals surface area contributed by atoms with Gasteiger partial charge in [0.25, 0.3) is 0 Å². The van der Waals surface area contributed by atoms with Crippen LogP contribution in [0.25, 0.3) is 32.6 Å². The standard InChI is InChI=1S/C17H15N5OS/c1-3-18-14-11(1)9-12(10-19-14)15-20-16(22-4-6-23-7-5-22)13-2-8-24-17(13)21-15/h1-3,8-10H,4-7H2,(H,18,19). The predicted octanol–water partition coefficient (Wildman–Crippen LogP) is 3.07. The van der Waals surface area contributed by atoms with Gasteiger partial charge in [-0.25, -0.2) is 15.0 Å². The minimum atomic E-state index is 0.724. The molecule has 0 atom stereocenters. The average Bonchev–Trinajstić information content (AvgIpc) is 3.29. The van der Waals surface area contributed by atoms with E-state index in [1.807, 2.05) is 18.5 Å². The van der Waals surface area contributed by atoms with Gasteiger partial charge < -0.3 is 14.6 Å². The van der Waals surface area contributed by atoms with E-state index in [9.17, 15) is 0 Å². The van der Waals surface area contributed by atoms with E-state index >= 15 is 0 Å². The highest BCUT2D eigenvalue weighted by atomic mass is 32.1. The first-order valence-corrected chi connectivity index (χ1v) is 8.78. The molecule has 0 saturated carbocycles. The molecule has 5 rings (SSSR count). The molecule has 6 nitrogen and oxygen atoms in total. The van der Waals surface area contributed by atoms with Gasteiger partial charge in [0.05, 0.1) is 18.6 Å². The van der Waals surface area contributed by atoms with Gasteiger partial charge in [0.2, 0.25) is 0 Å². The zero-order valence-electron chi connectivity index (χ0n) is 12.9. The number of aromatic nitrogens is 4.